The van der Waals surface area contributed by atoms with Gasteiger partial charge in [0.1, 0.15) is 6.54 Å². The summed E-state index contributed by atoms with van der Waals surface area (Å²) in [6.07, 6.45) is 1.97. The van der Waals surface area contributed by atoms with Crippen LogP contribution in [-0.2, 0) is 9.59 Å². The molecule has 0 bridgehead atoms. The van der Waals surface area contributed by atoms with Crippen LogP contribution in [0.15, 0.2) is 34.7 Å². The topological polar surface area (TPSA) is 90.2 Å². The number of carbonyl (C=O) groups is 2. The molecule has 0 radical (unpaired) electrons. The van der Waals surface area contributed by atoms with Crippen molar-refractivity contribution in [1.82, 2.24) is 10.2 Å². The third-order valence-corrected chi connectivity index (χ3v) is 5.81. The molecule has 1 aromatic heterocycles. The Morgan fingerprint density at radius 3 is 2.65 bits per heavy atom. The van der Waals surface area contributed by atoms with Gasteiger partial charge in [0.2, 0.25) is 16.9 Å². The van der Waals surface area contributed by atoms with E-state index in [0.29, 0.717) is 15.2 Å². The van der Waals surface area contributed by atoms with Crippen molar-refractivity contribution in [3.63, 3.8) is 0 Å². The van der Waals surface area contributed by atoms with Crippen LogP contribution in [-0.4, -0.2) is 40.4 Å². The lowest BCUT2D eigenvalue weighted by Crippen LogP contribution is -2.32. The molecule has 7 nitrogen and oxygen atoms in total. The number of rotatable bonds is 7. The minimum atomic E-state index is -0.176. The molecule has 0 unspecified atom stereocenters. The number of anilines is 2. The Morgan fingerprint density at radius 1 is 1.31 bits per heavy atom. The fraction of sp³-hybridized carbons (Fsp3) is 0.353. The average molecular weight is 387 g/mol. The Morgan fingerprint density at radius 2 is 2.04 bits per heavy atom. The van der Waals surface area contributed by atoms with Gasteiger partial charge in [0.05, 0.1) is 11.8 Å². The van der Waals surface area contributed by atoms with Gasteiger partial charge < -0.3 is 0 Å². The van der Waals surface area contributed by atoms with E-state index in [1.54, 1.807) is 17.0 Å². The van der Waals surface area contributed by atoms with Gasteiger partial charge in [-0.05, 0) is 25.0 Å². The van der Waals surface area contributed by atoms with E-state index in [0.717, 1.165) is 12.8 Å². The van der Waals surface area contributed by atoms with E-state index >= 15 is 0 Å². The summed E-state index contributed by atoms with van der Waals surface area (Å²) in [5, 5.41) is 17.7. The highest BCUT2D eigenvalue weighted by atomic mass is 32.2. The van der Waals surface area contributed by atoms with Crippen LogP contribution < -0.4 is 9.80 Å². The molecule has 0 saturated heterocycles. The third kappa shape index (κ3) is 4.39. The lowest BCUT2D eigenvalue weighted by atomic mass is 10.3. The first-order valence-corrected chi connectivity index (χ1v) is 9.89. The summed E-state index contributed by atoms with van der Waals surface area (Å²) in [4.78, 5) is 27.4. The van der Waals surface area contributed by atoms with E-state index < -0.39 is 0 Å². The maximum absolute atomic E-state index is 12.5. The molecule has 1 aliphatic carbocycles. The van der Waals surface area contributed by atoms with Crippen LogP contribution in [0.3, 0.4) is 0 Å². The van der Waals surface area contributed by atoms with Crippen LogP contribution in [0.5, 0.6) is 0 Å². The van der Waals surface area contributed by atoms with E-state index in [-0.39, 0.29) is 30.2 Å². The molecule has 2 aromatic rings. The van der Waals surface area contributed by atoms with E-state index in [1.165, 1.54) is 34.9 Å². The minimum absolute atomic E-state index is 0.00936. The molecule has 1 aliphatic rings. The van der Waals surface area contributed by atoms with Gasteiger partial charge in [0.15, 0.2) is 4.34 Å². The molecule has 0 N–H and O–H groups in total. The lowest BCUT2D eigenvalue weighted by Gasteiger charge is -2.19. The number of nitriles is 1. The number of aromatic nitrogens is 2. The Balaban J connectivity index is 1.64. The average Bonchev–Trinajstić information content (AvgIpc) is 3.35. The van der Waals surface area contributed by atoms with E-state index in [4.69, 9.17) is 5.26 Å². The van der Waals surface area contributed by atoms with E-state index in [9.17, 15) is 9.59 Å². The highest BCUT2D eigenvalue weighted by Gasteiger charge is 2.34. The van der Waals surface area contributed by atoms with Gasteiger partial charge in [-0.1, -0.05) is 41.3 Å². The molecule has 0 atom stereocenters. The van der Waals surface area contributed by atoms with Crippen molar-refractivity contribution < 1.29 is 9.59 Å². The summed E-state index contributed by atoms with van der Waals surface area (Å²) in [6, 6.07) is 11.3. The first-order chi connectivity index (χ1) is 12.6. The summed E-state index contributed by atoms with van der Waals surface area (Å²) in [6.45, 7) is 1.51. The van der Waals surface area contributed by atoms with Crippen LogP contribution in [0.1, 0.15) is 19.8 Å². The maximum Gasteiger partial charge on any atom is 0.238 e. The third-order valence-electron chi connectivity index (χ3n) is 3.77. The zero-order valence-corrected chi connectivity index (χ0v) is 15.8. The molecule has 1 heterocycles. The van der Waals surface area contributed by atoms with Gasteiger partial charge in [-0.2, -0.15) is 5.26 Å². The molecule has 1 aromatic carbocycles. The smallest absolute Gasteiger partial charge is 0.238 e. The summed E-state index contributed by atoms with van der Waals surface area (Å²) in [5.41, 5.74) is 0.689. The van der Waals surface area contributed by atoms with Crippen molar-refractivity contribution in [3.8, 4) is 6.07 Å². The monoisotopic (exact) mass is 387 g/mol. The summed E-state index contributed by atoms with van der Waals surface area (Å²) >= 11 is 2.58. The molecule has 2 amide bonds. The van der Waals surface area contributed by atoms with Crippen LogP contribution >= 0.6 is 23.1 Å². The Labute approximate surface area is 159 Å². The molecule has 0 spiro atoms. The van der Waals surface area contributed by atoms with Crippen LogP contribution in [0, 0.1) is 11.3 Å². The SMILES string of the molecule is CC(=O)N(c1nnc(SCC(=O)N(CC#N)c2ccccc2)s1)C1CC1. The zero-order chi connectivity index (χ0) is 18.5. The number of hydrogen-bond acceptors (Lipinski definition) is 7. The van der Waals surface area contributed by atoms with Gasteiger partial charge in [-0.25, -0.2) is 0 Å². The predicted octanol–water partition coefficient (Wildman–Crippen LogP) is 2.70. The number of nitrogens with zero attached hydrogens (tertiary/aromatic N) is 5. The van der Waals surface area contributed by atoms with Crippen LogP contribution in [0.4, 0.5) is 10.8 Å². The molecule has 134 valence electrons. The Bertz CT molecular complexity index is 829. The molecule has 1 saturated carbocycles. The zero-order valence-electron chi connectivity index (χ0n) is 14.2. The predicted molar refractivity (Wildman–Crippen MR) is 101 cm³/mol. The van der Waals surface area contributed by atoms with Crippen molar-refractivity contribution in [2.75, 3.05) is 22.1 Å². The van der Waals surface area contributed by atoms with Crippen LogP contribution in [0.2, 0.25) is 0 Å². The second kappa shape index (κ2) is 8.29. The number of amides is 2. The maximum atomic E-state index is 12.5. The quantitative estimate of drug-likeness (QED) is 0.412. The van der Waals surface area contributed by atoms with Gasteiger partial charge in [-0.15, -0.1) is 10.2 Å². The molecule has 3 rings (SSSR count). The fourth-order valence-electron chi connectivity index (χ4n) is 2.44. The normalized spacial score (nSPS) is 13.1. The molecule has 9 heteroatoms. The summed E-state index contributed by atoms with van der Waals surface area (Å²) in [7, 11) is 0. The number of benzene rings is 1. The number of hydrogen-bond donors (Lipinski definition) is 0. The lowest BCUT2D eigenvalue weighted by molar-refractivity contribution is -0.117. The highest BCUT2D eigenvalue weighted by molar-refractivity contribution is 8.01. The van der Waals surface area contributed by atoms with Gasteiger partial charge in [-0.3, -0.25) is 19.4 Å². The van der Waals surface area contributed by atoms with Crippen molar-refractivity contribution in [2.24, 2.45) is 0 Å². The van der Waals surface area contributed by atoms with E-state index in [1.807, 2.05) is 24.3 Å². The van der Waals surface area contributed by atoms with Gasteiger partial charge >= 0.3 is 0 Å². The molecular weight excluding hydrogens is 370 g/mol. The van der Waals surface area contributed by atoms with E-state index in [2.05, 4.69) is 10.2 Å². The standard InChI is InChI=1S/C17H17N5O2S2/c1-12(23)22(14-7-8-14)16-19-20-17(26-16)25-11-15(24)21(10-9-18)13-5-3-2-4-6-13/h2-6,14H,7-8,10-11H2,1H3. The minimum Gasteiger partial charge on any atom is -0.298 e. The second-order valence-corrected chi connectivity index (χ2v) is 7.91. The van der Waals surface area contributed by atoms with Gasteiger partial charge in [0, 0.05) is 18.7 Å². The first kappa shape index (κ1) is 18.4. The Kier molecular flexibility index (Phi) is 5.85. The van der Waals surface area contributed by atoms with Crippen molar-refractivity contribution in [3.05, 3.63) is 30.3 Å². The largest absolute Gasteiger partial charge is 0.298 e. The van der Waals surface area contributed by atoms with Gasteiger partial charge in [0.25, 0.3) is 0 Å². The van der Waals surface area contributed by atoms with Crippen molar-refractivity contribution >= 4 is 45.7 Å². The molecular formula is C17H17N5O2S2. The molecule has 1 fully saturated rings. The highest BCUT2D eigenvalue weighted by Crippen LogP contribution is 2.35. The second-order valence-electron chi connectivity index (χ2n) is 5.73. The number of para-hydroxylation sites is 1. The number of carbonyl (C=O) groups excluding carboxylic acids is 2. The summed E-state index contributed by atoms with van der Waals surface area (Å²) in [5.74, 6) is -0.0694. The molecule has 26 heavy (non-hydrogen) atoms. The number of thioether (sulfide) groups is 1. The first-order valence-electron chi connectivity index (χ1n) is 8.08. The van der Waals surface area contributed by atoms with Crippen molar-refractivity contribution in [1.29, 1.82) is 5.26 Å². The van der Waals surface area contributed by atoms with Crippen molar-refractivity contribution in [2.45, 2.75) is 30.1 Å². The summed E-state index contributed by atoms with van der Waals surface area (Å²) < 4.78 is 0.630. The Hall–Kier alpha value is -2.44. The van der Waals surface area contributed by atoms with Crippen LogP contribution in [0.25, 0.3) is 0 Å². The fourth-order valence-corrected chi connectivity index (χ4v) is 4.28. The molecule has 0 aliphatic heterocycles.